The van der Waals surface area contributed by atoms with Gasteiger partial charge in [0, 0.05) is 13.0 Å². The van der Waals surface area contributed by atoms with Crippen LogP contribution in [-0.2, 0) is 19.0 Å². The Morgan fingerprint density at radius 3 is 2.55 bits per heavy atom. The van der Waals surface area contributed by atoms with Gasteiger partial charge in [-0.3, -0.25) is 4.79 Å². The smallest absolute Gasteiger partial charge is 0.407 e. The van der Waals surface area contributed by atoms with Crippen molar-refractivity contribution in [1.29, 1.82) is 0 Å². The van der Waals surface area contributed by atoms with Gasteiger partial charge in [0.15, 0.2) is 23.3 Å². The number of amides is 1. The molecule has 7 atom stereocenters. The number of fused-ring (bicyclic) bond motifs is 3. The highest BCUT2D eigenvalue weighted by Crippen LogP contribution is 2.62. The Bertz CT molecular complexity index is 920. The Balaban J connectivity index is 2.00. The summed E-state index contributed by atoms with van der Waals surface area (Å²) in [6.07, 6.45) is 3.01. The van der Waals surface area contributed by atoms with Gasteiger partial charge in [0.2, 0.25) is 0 Å². The number of ether oxygens (including phenoxy) is 3. The van der Waals surface area contributed by atoms with E-state index < -0.39 is 41.0 Å². The Labute approximate surface area is 196 Å². The normalized spacial score (nSPS) is 43.7. The lowest BCUT2D eigenvalue weighted by atomic mass is 9.54. The van der Waals surface area contributed by atoms with Gasteiger partial charge in [-0.05, 0) is 62.0 Å². The summed E-state index contributed by atoms with van der Waals surface area (Å²) >= 11 is 0. The van der Waals surface area contributed by atoms with Crippen LogP contribution in [-0.4, -0.2) is 54.2 Å². The lowest BCUT2D eigenvalue weighted by Crippen LogP contribution is -2.69. The molecule has 7 heteroatoms. The molecular weight excluding hydrogens is 422 g/mol. The SMILES string of the molecule is CNC(=O)O[C@H]1C(C)=C[C@]23C(=O)[C@@H](C=C4COC(C)(C)O[C@H]4[C@]12O)[C@@H](C)C(C)(C)CC[C@H]3C. The first-order valence-electron chi connectivity index (χ1n) is 12.1. The molecule has 3 aliphatic carbocycles. The molecule has 7 nitrogen and oxygen atoms in total. The molecule has 1 amide bonds. The van der Waals surface area contributed by atoms with Crippen LogP contribution in [0.15, 0.2) is 23.3 Å². The summed E-state index contributed by atoms with van der Waals surface area (Å²) in [6.45, 7) is 14.3. The summed E-state index contributed by atoms with van der Waals surface area (Å²) in [5.74, 6) is -1.53. The molecule has 1 heterocycles. The molecule has 0 aromatic carbocycles. The monoisotopic (exact) mass is 461 g/mol. The number of hydrogen-bond acceptors (Lipinski definition) is 6. The molecule has 0 radical (unpaired) electrons. The minimum absolute atomic E-state index is 0.0246. The van der Waals surface area contributed by atoms with Crippen molar-refractivity contribution in [3.05, 3.63) is 23.3 Å². The van der Waals surface area contributed by atoms with Crippen molar-refractivity contribution in [2.75, 3.05) is 13.7 Å². The van der Waals surface area contributed by atoms with E-state index in [0.29, 0.717) is 5.57 Å². The maximum atomic E-state index is 14.6. The maximum Gasteiger partial charge on any atom is 0.407 e. The van der Waals surface area contributed by atoms with E-state index in [4.69, 9.17) is 14.2 Å². The van der Waals surface area contributed by atoms with E-state index >= 15 is 0 Å². The van der Waals surface area contributed by atoms with Crippen molar-refractivity contribution < 1.29 is 28.9 Å². The summed E-state index contributed by atoms with van der Waals surface area (Å²) in [7, 11) is 1.48. The molecule has 2 fully saturated rings. The highest BCUT2D eigenvalue weighted by molar-refractivity contribution is 5.94. The Morgan fingerprint density at radius 2 is 1.91 bits per heavy atom. The van der Waals surface area contributed by atoms with Crippen LogP contribution in [0.4, 0.5) is 4.79 Å². The summed E-state index contributed by atoms with van der Waals surface area (Å²) in [6, 6.07) is 0. The van der Waals surface area contributed by atoms with E-state index in [1.165, 1.54) is 7.05 Å². The fourth-order valence-electron chi connectivity index (χ4n) is 6.58. The van der Waals surface area contributed by atoms with Crippen LogP contribution in [0.1, 0.15) is 61.3 Å². The van der Waals surface area contributed by atoms with Gasteiger partial charge in [0.1, 0.15) is 6.10 Å². The van der Waals surface area contributed by atoms with Gasteiger partial charge in [0.05, 0.1) is 12.0 Å². The first-order chi connectivity index (χ1) is 15.2. The first-order valence-corrected chi connectivity index (χ1v) is 12.1. The Kier molecular flexibility index (Phi) is 5.66. The number of carbonyl (C=O) groups excluding carboxylic acids is 2. The van der Waals surface area contributed by atoms with Gasteiger partial charge in [-0.15, -0.1) is 0 Å². The largest absolute Gasteiger partial charge is 0.438 e. The van der Waals surface area contributed by atoms with Gasteiger partial charge in [-0.2, -0.15) is 0 Å². The topological polar surface area (TPSA) is 94.1 Å². The quantitative estimate of drug-likeness (QED) is 0.578. The first kappa shape index (κ1) is 24.4. The molecule has 0 aromatic heterocycles. The second-order valence-electron chi connectivity index (χ2n) is 11.7. The van der Waals surface area contributed by atoms with Gasteiger partial charge in [-0.1, -0.05) is 39.8 Å². The lowest BCUT2D eigenvalue weighted by molar-refractivity contribution is -0.303. The third kappa shape index (κ3) is 3.34. The average molecular weight is 462 g/mol. The van der Waals surface area contributed by atoms with Crippen LogP contribution in [0.3, 0.4) is 0 Å². The minimum Gasteiger partial charge on any atom is -0.438 e. The molecule has 1 saturated carbocycles. The number of carbonyl (C=O) groups is 2. The summed E-state index contributed by atoms with van der Waals surface area (Å²) in [4.78, 5) is 26.9. The lowest BCUT2D eigenvalue weighted by Gasteiger charge is -2.54. The van der Waals surface area contributed by atoms with E-state index in [0.717, 1.165) is 18.4 Å². The standard InChI is InChI=1S/C26H39NO6/c1-14-12-25-15(2)9-10-23(4,5)16(3)18(19(25)28)11-17-13-31-24(6,7)33-21(17)26(25,30)20(14)32-22(29)27-8/h11-12,15-16,18,20-21,30H,9-10,13H2,1-8H3,(H,27,29)/t15-,16-,18+,20+,21-,25+,26-/m1/s1. The van der Waals surface area contributed by atoms with Gasteiger partial charge in [0.25, 0.3) is 0 Å². The number of Topliss-reactive ketones (excluding diaryl/α,β-unsaturated/α-hetero) is 1. The second-order valence-corrected chi connectivity index (χ2v) is 11.7. The zero-order chi connectivity index (χ0) is 24.6. The van der Waals surface area contributed by atoms with Crippen LogP contribution in [0.5, 0.6) is 0 Å². The van der Waals surface area contributed by atoms with Crippen LogP contribution in [0.2, 0.25) is 0 Å². The van der Waals surface area contributed by atoms with Crippen LogP contribution in [0, 0.1) is 28.6 Å². The van der Waals surface area contributed by atoms with Crippen LogP contribution in [0.25, 0.3) is 0 Å². The van der Waals surface area contributed by atoms with Crippen molar-refractivity contribution in [2.24, 2.45) is 28.6 Å². The summed E-state index contributed by atoms with van der Waals surface area (Å²) in [5.41, 5.74) is -1.69. The molecule has 33 heavy (non-hydrogen) atoms. The van der Waals surface area contributed by atoms with Crippen molar-refractivity contribution >= 4 is 11.9 Å². The number of rotatable bonds is 1. The Hall–Kier alpha value is -1.70. The average Bonchev–Trinajstić information content (AvgIpc) is 2.93. The second kappa shape index (κ2) is 7.65. The van der Waals surface area contributed by atoms with E-state index in [1.807, 2.05) is 26.0 Å². The predicted molar refractivity (Wildman–Crippen MR) is 123 cm³/mol. The molecule has 2 N–H and O–H groups in total. The van der Waals surface area contributed by atoms with Crippen LogP contribution >= 0.6 is 0 Å². The molecule has 1 spiro atoms. The third-order valence-electron chi connectivity index (χ3n) is 8.96. The molecule has 0 unspecified atom stereocenters. The molecule has 2 bridgehead atoms. The fraction of sp³-hybridized carbons (Fsp3) is 0.769. The molecule has 1 aliphatic heterocycles. The minimum atomic E-state index is -1.79. The fourth-order valence-corrected chi connectivity index (χ4v) is 6.58. The van der Waals surface area contributed by atoms with Crippen molar-refractivity contribution in [3.8, 4) is 0 Å². The molecule has 0 aromatic rings. The molecule has 1 saturated heterocycles. The summed E-state index contributed by atoms with van der Waals surface area (Å²) in [5, 5.41) is 15.3. The number of nitrogens with one attached hydrogen (secondary N) is 1. The Morgan fingerprint density at radius 1 is 1.24 bits per heavy atom. The zero-order valence-electron chi connectivity index (χ0n) is 21.2. The van der Waals surface area contributed by atoms with Gasteiger partial charge in [-0.25, -0.2) is 4.79 Å². The number of hydrogen-bond donors (Lipinski definition) is 2. The molecular formula is C26H39NO6. The maximum absolute atomic E-state index is 14.6. The number of aliphatic hydroxyl groups is 1. The third-order valence-corrected chi connectivity index (χ3v) is 8.96. The number of allylic oxidation sites excluding steroid dienone is 1. The zero-order valence-corrected chi connectivity index (χ0v) is 21.2. The molecule has 4 rings (SSSR count). The van der Waals surface area contributed by atoms with E-state index in [9.17, 15) is 14.7 Å². The highest BCUT2D eigenvalue weighted by atomic mass is 16.7. The van der Waals surface area contributed by atoms with Crippen molar-refractivity contribution in [2.45, 2.75) is 84.9 Å². The van der Waals surface area contributed by atoms with Crippen molar-refractivity contribution in [3.63, 3.8) is 0 Å². The number of alkyl carbamates (subject to hydrolysis) is 1. The van der Waals surface area contributed by atoms with Crippen molar-refractivity contribution in [1.82, 2.24) is 5.32 Å². The van der Waals surface area contributed by atoms with Gasteiger partial charge < -0.3 is 24.6 Å². The van der Waals surface area contributed by atoms with Crippen LogP contribution < -0.4 is 5.32 Å². The van der Waals surface area contributed by atoms with E-state index in [2.05, 4.69) is 26.1 Å². The number of ketones is 1. The van der Waals surface area contributed by atoms with Gasteiger partial charge >= 0.3 is 6.09 Å². The molecule has 184 valence electrons. The van der Waals surface area contributed by atoms with E-state index in [-0.39, 0.29) is 29.6 Å². The molecule has 4 aliphatic rings. The van der Waals surface area contributed by atoms with E-state index in [1.54, 1.807) is 13.8 Å². The predicted octanol–water partition coefficient (Wildman–Crippen LogP) is 3.76. The summed E-state index contributed by atoms with van der Waals surface area (Å²) < 4.78 is 18.1. The highest BCUT2D eigenvalue weighted by Gasteiger charge is 2.73.